The number of fused-ring (bicyclic) bond motifs is 2. The molecular weight excluding hydrogens is 452 g/mol. The van der Waals surface area contributed by atoms with Gasteiger partial charge in [-0.2, -0.15) is 0 Å². The zero-order valence-electron chi connectivity index (χ0n) is 20.6. The van der Waals surface area contributed by atoms with Crippen molar-refractivity contribution in [3.8, 4) is 0 Å². The van der Waals surface area contributed by atoms with E-state index in [4.69, 9.17) is 9.72 Å². The number of hydrogen-bond acceptors (Lipinski definition) is 6. The number of amides is 2. The summed E-state index contributed by atoms with van der Waals surface area (Å²) in [6.07, 6.45) is 3.83. The molecule has 0 radical (unpaired) electrons. The fourth-order valence-corrected chi connectivity index (χ4v) is 7.35. The predicted octanol–water partition coefficient (Wildman–Crippen LogP) is 3.19. The third kappa shape index (κ3) is 4.53. The third-order valence-corrected chi connectivity index (χ3v) is 8.97. The highest BCUT2D eigenvalue weighted by Gasteiger charge is 2.53. The molecule has 186 valence electrons. The van der Waals surface area contributed by atoms with Gasteiger partial charge in [-0.25, -0.2) is 4.98 Å². The monoisotopic (exact) mass is 488 g/mol. The van der Waals surface area contributed by atoms with E-state index < -0.39 is 6.10 Å². The Balaban J connectivity index is 1.51. The van der Waals surface area contributed by atoms with E-state index in [9.17, 15) is 14.7 Å². The van der Waals surface area contributed by atoms with Crippen molar-refractivity contribution in [3.05, 3.63) is 34.6 Å². The van der Waals surface area contributed by atoms with Crippen LogP contribution in [0, 0.1) is 23.2 Å². The number of carbonyl (C=O) groups excluding carboxylic acids is 2. The van der Waals surface area contributed by atoms with Crippen molar-refractivity contribution >= 4 is 28.3 Å². The van der Waals surface area contributed by atoms with Crippen LogP contribution >= 0.6 is 11.3 Å². The first-order chi connectivity index (χ1) is 16.2. The number of aryl methyl sites for hydroxylation is 1. The number of carbonyl (C=O) groups is 2. The Morgan fingerprint density at radius 1 is 1.44 bits per heavy atom. The molecule has 2 amide bonds. The molecule has 2 aliphatic carbocycles. The van der Waals surface area contributed by atoms with Crippen molar-refractivity contribution in [2.45, 2.75) is 52.1 Å². The Bertz CT molecular complexity index is 1050. The maximum Gasteiger partial charge on any atom is 0.274 e. The highest BCUT2D eigenvalue weighted by molar-refractivity contribution is 7.15. The molecule has 0 bridgehead atoms. The number of ether oxygens (including phenoxy) is 1. The summed E-state index contributed by atoms with van der Waals surface area (Å²) >= 11 is 1.54. The highest BCUT2D eigenvalue weighted by Crippen LogP contribution is 2.57. The Kier molecular flexibility index (Phi) is 7.17. The van der Waals surface area contributed by atoms with Crippen LogP contribution in [-0.4, -0.2) is 52.8 Å². The summed E-state index contributed by atoms with van der Waals surface area (Å²) in [6.45, 7) is 7.23. The Morgan fingerprint density at radius 3 is 2.88 bits per heavy atom. The number of aromatic nitrogens is 2. The largest absolute Gasteiger partial charge is 0.392 e. The van der Waals surface area contributed by atoms with Crippen LogP contribution in [0.1, 0.15) is 60.6 Å². The average Bonchev–Trinajstić information content (AvgIpc) is 3.39. The minimum absolute atomic E-state index is 0.00602. The number of rotatable bonds is 7. The van der Waals surface area contributed by atoms with Gasteiger partial charge in [0.05, 0.1) is 18.4 Å². The van der Waals surface area contributed by atoms with Crippen LogP contribution in [0.4, 0.5) is 5.13 Å². The van der Waals surface area contributed by atoms with Gasteiger partial charge in [0.2, 0.25) is 5.91 Å². The summed E-state index contributed by atoms with van der Waals surface area (Å²) in [6, 6.07) is 3.62. The molecule has 0 aromatic carbocycles. The molecular formula is C25H36N4O4S. The molecule has 2 aromatic heterocycles. The number of nitrogens with zero attached hydrogens (tertiary/aromatic N) is 2. The van der Waals surface area contributed by atoms with E-state index in [2.05, 4.69) is 24.5 Å². The molecule has 8 nitrogen and oxygen atoms in total. The number of aliphatic hydroxyl groups excluding tert-OH is 1. The number of thiazole rings is 1. The number of hydrogen-bond donors (Lipinski definition) is 3. The van der Waals surface area contributed by atoms with Crippen LogP contribution in [0.25, 0.3) is 0 Å². The molecule has 1 saturated carbocycles. The normalized spacial score (nSPS) is 29.1. The SMILES string of the molecule is COCCNC(=O)[C@@H](C)[C@H]1CC[C@]2(C)Cc3sc(NC(=O)c4cccn4C)nc3[C@H](C)[C@@H]2[C@H]1O. The molecule has 34 heavy (non-hydrogen) atoms. The average molecular weight is 489 g/mol. The lowest BCUT2D eigenvalue weighted by Gasteiger charge is -2.53. The van der Waals surface area contributed by atoms with Crippen molar-refractivity contribution in [2.24, 2.45) is 30.2 Å². The maximum atomic E-state index is 12.7. The zero-order chi connectivity index (χ0) is 24.6. The van der Waals surface area contributed by atoms with Gasteiger partial charge in [0.1, 0.15) is 5.69 Å². The van der Waals surface area contributed by atoms with E-state index in [-0.39, 0.29) is 40.9 Å². The molecule has 0 unspecified atom stereocenters. The molecule has 6 atom stereocenters. The first-order valence-electron chi connectivity index (χ1n) is 12.0. The molecule has 2 aliphatic rings. The third-order valence-electron chi connectivity index (χ3n) is 7.98. The summed E-state index contributed by atoms with van der Waals surface area (Å²) in [5, 5.41) is 18.0. The van der Waals surface area contributed by atoms with E-state index in [1.54, 1.807) is 17.7 Å². The molecule has 2 aromatic rings. The van der Waals surface area contributed by atoms with Crippen molar-refractivity contribution in [1.29, 1.82) is 0 Å². The lowest BCUT2D eigenvalue weighted by atomic mass is 9.53. The van der Waals surface area contributed by atoms with E-state index >= 15 is 0 Å². The van der Waals surface area contributed by atoms with Crippen molar-refractivity contribution in [3.63, 3.8) is 0 Å². The fraction of sp³-hybridized carbons (Fsp3) is 0.640. The van der Waals surface area contributed by atoms with Gasteiger partial charge in [-0.05, 0) is 48.6 Å². The quantitative estimate of drug-likeness (QED) is 0.519. The second-order valence-corrected chi connectivity index (χ2v) is 11.3. The molecule has 3 N–H and O–H groups in total. The molecule has 2 heterocycles. The summed E-state index contributed by atoms with van der Waals surface area (Å²) < 4.78 is 6.81. The molecule has 4 rings (SSSR count). The topological polar surface area (TPSA) is 105 Å². The van der Waals surface area contributed by atoms with Crippen molar-refractivity contribution < 1.29 is 19.4 Å². The number of aliphatic hydroxyl groups is 1. The van der Waals surface area contributed by atoms with Crippen LogP contribution in [0.15, 0.2) is 18.3 Å². The minimum Gasteiger partial charge on any atom is -0.392 e. The Hall–Kier alpha value is -2.23. The molecule has 1 fully saturated rings. The lowest BCUT2D eigenvalue weighted by molar-refractivity contribution is -0.135. The van der Waals surface area contributed by atoms with Gasteiger partial charge in [0.15, 0.2) is 5.13 Å². The van der Waals surface area contributed by atoms with Crippen LogP contribution in [0.3, 0.4) is 0 Å². The zero-order valence-corrected chi connectivity index (χ0v) is 21.4. The summed E-state index contributed by atoms with van der Waals surface area (Å²) in [4.78, 5) is 31.3. The highest BCUT2D eigenvalue weighted by atomic mass is 32.1. The molecule has 9 heteroatoms. The van der Waals surface area contributed by atoms with Gasteiger partial charge >= 0.3 is 0 Å². The molecule has 0 aliphatic heterocycles. The lowest BCUT2D eigenvalue weighted by Crippen LogP contribution is -2.53. The van der Waals surface area contributed by atoms with Gasteiger partial charge in [-0.15, -0.1) is 11.3 Å². The summed E-state index contributed by atoms with van der Waals surface area (Å²) in [7, 11) is 3.45. The Morgan fingerprint density at radius 2 is 2.21 bits per heavy atom. The summed E-state index contributed by atoms with van der Waals surface area (Å²) in [5.41, 5.74) is 1.48. The van der Waals surface area contributed by atoms with E-state index in [1.807, 2.05) is 26.2 Å². The van der Waals surface area contributed by atoms with Gasteiger partial charge in [0.25, 0.3) is 5.91 Å². The minimum atomic E-state index is -0.590. The number of anilines is 1. The number of methoxy groups -OCH3 is 1. The van der Waals surface area contributed by atoms with Gasteiger partial charge in [-0.3, -0.25) is 14.9 Å². The van der Waals surface area contributed by atoms with Gasteiger partial charge in [-0.1, -0.05) is 20.8 Å². The summed E-state index contributed by atoms with van der Waals surface area (Å²) in [5.74, 6) is -0.546. The van der Waals surface area contributed by atoms with E-state index in [1.165, 1.54) is 16.2 Å². The van der Waals surface area contributed by atoms with Crippen molar-refractivity contribution in [2.75, 3.05) is 25.6 Å². The second-order valence-electron chi connectivity index (χ2n) is 10.2. The van der Waals surface area contributed by atoms with Crippen molar-refractivity contribution in [1.82, 2.24) is 14.9 Å². The maximum absolute atomic E-state index is 12.7. The first kappa shape index (κ1) is 24.9. The van der Waals surface area contributed by atoms with Gasteiger partial charge < -0.3 is 19.7 Å². The first-order valence-corrected chi connectivity index (χ1v) is 12.8. The fourth-order valence-electron chi connectivity index (χ4n) is 6.09. The van der Waals surface area contributed by atoms with Crippen LogP contribution < -0.4 is 10.6 Å². The second kappa shape index (κ2) is 9.79. The van der Waals surface area contributed by atoms with Crippen LogP contribution in [0.2, 0.25) is 0 Å². The van der Waals surface area contributed by atoms with Crippen LogP contribution in [0.5, 0.6) is 0 Å². The molecule has 0 saturated heterocycles. The van der Waals surface area contributed by atoms with E-state index in [0.29, 0.717) is 24.0 Å². The predicted molar refractivity (Wildman–Crippen MR) is 132 cm³/mol. The smallest absolute Gasteiger partial charge is 0.274 e. The van der Waals surface area contributed by atoms with Gasteiger partial charge in [0, 0.05) is 43.6 Å². The molecule has 0 spiro atoms. The van der Waals surface area contributed by atoms with E-state index in [0.717, 1.165) is 25.0 Å². The standard InChI is InChI=1S/C25H36N4O4S/c1-14(22(31)26-10-12-33-5)16-8-9-25(3)13-18-20(15(2)19(25)21(16)30)27-24(34-18)28-23(32)17-7-6-11-29(17)4/h6-7,11,14-16,19,21,30H,8-10,12-13H2,1-5H3,(H,26,31)(H,27,28,32)/t14-,15+,16+,19+,21-,25+/m0/s1. The van der Waals surface area contributed by atoms with Crippen LogP contribution in [-0.2, 0) is 23.0 Å². The number of nitrogens with one attached hydrogen (secondary N) is 2. The Labute approximate surface area is 205 Å².